The number of aliphatic hydroxyl groups is 1. The molecule has 14 atom stereocenters. The predicted octanol–water partition coefficient (Wildman–Crippen LogP) is 3.04. The highest BCUT2D eigenvalue weighted by Gasteiger charge is 2.88. The number of nitrogens with zero attached hydrogens (tertiary/aromatic N) is 1. The monoisotopic (exact) mass is 629 g/mol. The van der Waals surface area contributed by atoms with Crippen LogP contribution in [0.25, 0.3) is 0 Å². The minimum atomic E-state index is -0.661. The van der Waals surface area contributed by atoms with Crippen molar-refractivity contribution in [2.75, 3.05) is 61.9 Å². The molecule has 45 heavy (non-hydrogen) atoms. The number of aliphatic hydroxyl groups excluding tert-OH is 1. The van der Waals surface area contributed by atoms with Crippen LogP contribution in [0.15, 0.2) is 24.3 Å². The Kier molecular flexibility index (Phi) is 8.07. The summed E-state index contributed by atoms with van der Waals surface area (Å²) in [4.78, 5) is 16.4. The highest BCUT2D eigenvalue weighted by molar-refractivity contribution is 5.89. The molecule has 6 fully saturated rings. The molecule has 7 bridgehead atoms. The van der Waals surface area contributed by atoms with Crippen LogP contribution in [0.1, 0.15) is 43.5 Å². The van der Waals surface area contributed by atoms with Crippen LogP contribution in [0.4, 0.5) is 0 Å². The number of carbonyl (C=O) groups is 1. The second-order valence-corrected chi connectivity index (χ2v) is 14.4. The van der Waals surface area contributed by atoms with Crippen LogP contribution in [0, 0.1) is 40.4 Å². The Bertz CT molecular complexity index is 1260. The molecule has 250 valence electrons. The lowest BCUT2D eigenvalue weighted by atomic mass is 9.42. The van der Waals surface area contributed by atoms with Crippen molar-refractivity contribution in [3.05, 3.63) is 29.8 Å². The fraction of sp³-hybridized carbons (Fsp3) is 0.800. The molecule has 1 aromatic rings. The molecule has 14 unspecified atom stereocenters. The quantitative estimate of drug-likeness (QED) is 0.368. The van der Waals surface area contributed by atoms with Gasteiger partial charge in [0.2, 0.25) is 0 Å². The SMILES string of the molecule is CCOC12CC(OC)C3CC(C1C3OC(=O)c1ccc(OC)cc1)C13C(OC)CC(O)C4(COC)CN(CC)C1C2C(OC)C43. The molecular formula is C35H51NO9. The normalized spacial score (nSPS) is 47.5. The van der Waals surface area contributed by atoms with Gasteiger partial charge in [-0.15, -0.1) is 0 Å². The summed E-state index contributed by atoms with van der Waals surface area (Å²) in [5.41, 5.74) is -1.07. The van der Waals surface area contributed by atoms with E-state index in [4.69, 9.17) is 33.2 Å². The van der Waals surface area contributed by atoms with Gasteiger partial charge in [0.15, 0.2) is 0 Å². The van der Waals surface area contributed by atoms with Gasteiger partial charge in [-0.2, -0.15) is 0 Å². The molecule has 1 aromatic carbocycles. The van der Waals surface area contributed by atoms with E-state index >= 15 is 0 Å². The summed E-state index contributed by atoms with van der Waals surface area (Å²) in [6.07, 6.45) is 0.499. The van der Waals surface area contributed by atoms with Gasteiger partial charge in [0, 0.05) is 95.0 Å². The Hall–Kier alpha value is -1.79. The van der Waals surface area contributed by atoms with Gasteiger partial charge < -0.3 is 38.3 Å². The van der Waals surface area contributed by atoms with Crippen LogP contribution < -0.4 is 4.74 Å². The summed E-state index contributed by atoms with van der Waals surface area (Å²) < 4.78 is 44.5. The van der Waals surface area contributed by atoms with Crippen LogP contribution >= 0.6 is 0 Å². The van der Waals surface area contributed by atoms with Gasteiger partial charge in [-0.3, -0.25) is 4.90 Å². The van der Waals surface area contributed by atoms with Gasteiger partial charge in [-0.1, -0.05) is 6.92 Å². The van der Waals surface area contributed by atoms with E-state index in [9.17, 15) is 9.90 Å². The molecule has 7 rings (SSSR count). The van der Waals surface area contributed by atoms with Crippen LogP contribution in [-0.4, -0.2) is 120 Å². The zero-order chi connectivity index (χ0) is 31.9. The predicted molar refractivity (Wildman–Crippen MR) is 164 cm³/mol. The van der Waals surface area contributed by atoms with E-state index in [0.29, 0.717) is 37.4 Å². The number of esters is 1. The topological polar surface area (TPSA) is 105 Å². The molecule has 1 N–H and O–H groups in total. The zero-order valence-corrected chi connectivity index (χ0v) is 27.8. The number of piperidine rings is 1. The molecule has 1 aliphatic heterocycles. The lowest BCUT2D eigenvalue weighted by molar-refractivity contribution is -0.300. The summed E-state index contributed by atoms with van der Waals surface area (Å²) in [5, 5.41) is 12.0. The van der Waals surface area contributed by atoms with Gasteiger partial charge in [0.25, 0.3) is 0 Å². The fourth-order valence-electron chi connectivity index (χ4n) is 12.5. The number of likely N-dealkylation sites (tertiary alicyclic amines) is 1. The van der Waals surface area contributed by atoms with Gasteiger partial charge in [0.1, 0.15) is 11.9 Å². The van der Waals surface area contributed by atoms with Crippen molar-refractivity contribution in [1.82, 2.24) is 4.90 Å². The van der Waals surface area contributed by atoms with Crippen LogP contribution in [0.3, 0.4) is 0 Å². The van der Waals surface area contributed by atoms with Crippen LogP contribution in [0.5, 0.6) is 5.75 Å². The maximum atomic E-state index is 13.9. The molecule has 0 amide bonds. The average molecular weight is 630 g/mol. The van der Waals surface area contributed by atoms with Crippen molar-refractivity contribution in [1.29, 1.82) is 0 Å². The zero-order valence-electron chi connectivity index (χ0n) is 27.8. The summed E-state index contributed by atoms with van der Waals surface area (Å²) in [5.74, 6) is 0.295. The smallest absolute Gasteiger partial charge is 0.338 e. The van der Waals surface area contributed by atoms with Crippen molar-refractivity contribution >= 4 is 5.97 Å². The average Bonchev–Trinajstić information content (AvgIpc) is 3.47. The summed E-state index contributed by atoms with van der Waals surface area (Å²) in [6.45, 7) is 6.79. The number of hydrogen-bond acceptors (Lipinski definition) is 10. The molecule has 0 aromatic heterocycles. The highest BCUT2D eigenvalue weighted by atomic mass is 16.6. The lowest BCUT2D eigenvalue weighted by Gasteiger charge is -2.70. The van der Waals surface area contributed by atoms with E-state index in [-0.39, 0.29) is 65.3 Å². The van der Waals surface area contributed by atoms with Gasteiger partial charge in [-0.25, -0.2) is 4.79 Å². The molecule has 1 heterocycles. The molecule has 5 aliphatic carbocycles. The van der Waals surface area contributed by atoms with Gasteiger partial charge in [0.05, 0.1) is 49.3 Å². The second-order valence-electron chi connectivity index (χ2n) is 14.4. The van der Waals surface area contributed by atoms with E-state index in [1.165, 1.54) is 0 Å². The molecule has 5 saturated carbocycles. The minimum Gasteiger partial charge on any atom is -0.497 e. The Morgan fingerprint density at radius 2 is 1.73 bits per heavy atom. The lowest BCUT2D eigenvalue weighted by Crippen LogP contribution is -2.78. The number of methoxy groups -OCH3 is 5. The minimum absolute atomic E-state index is 0.00693. The molecule has 1 saturated heterocycles. The number of carbonyl (C=O) groups excluding carboxylic acids is 1. The maximum Gasteiger partial charge on any atom is 0.338 e. The van der Waals surface area contributed by atoms with Crippen molar-refractivity contribution in [3.63, 3.8) is 0 Å². The number of ether oxygens (including phenoxy) is 7. The van der Waals surface area contributed by atoms with E-state index < -0.39 is 23.2 Å². The first-order chi connectivity index (χ1) is 21.8. The number of hydrogen-bond donors (Lipinski definition) is 1. The van der Waals surface area contributed by atoms with Crippen molar-refractivity contribution in [2.24, 2.45) is 40.4 Å². The standard InChI is InChI=1S/C35H51NO9/c1-8-36-17-33(18-39-3)24(37)15-25(42-6)35-22-14-21-23(41-5)16-34(44-9-2,27(31(35)36)29(43-7)30(33)35)26(22)28(21)45-32(38)19-10-12-20(40-4)13-11-19/h10-13,21-31,37H,8-9,14-18H2,1-7H3. The maximum absolute atomic E-state index is 13.9. The van der Waals surface area contributed by atoms with E-state index in [1.54, 1.807) is 52.7 Å². The third-order valence-corrected chi connectivity index (χ3v) is 13.4. The molecule has 10 heteroatoms. The van der Waals surface area contributed by atoms with E-state index in [2.05, 4.69) is 18.7 Å². The number of rotatable bonds is 11. The summed E-state index contributed by atoms with van der Waals surface area (Å²) in [6, 6.07) is 7.20. The summed E-state index contributed by atoms with van der Waals surface area (Å²) >= 11 is 0. The Labute approximate surface area is 266 Å². The van der Waals surface area contributed by atoms with Crippen molar-refractivity contribution < 1.29 is 43.1 Å². The molecule has 1 spiro atoms. The first-order valence-electron chi connectivity index (χ1n) is 16.8. The largest absolute Gasteiger partial charge is 0.497 e. The van der Waals surface area contributed by atoms with Gasteiger partial charge >= 0.3 is 5.97 Å². The van der Waals surface area contributed by atoms with Crippen molar-refractivity contribution in [3.8, 4) is 5.75 Å². The van der Waals surface area contributed by atoms with Crippen LogP contribution in [0.2, 0.25) is 0 Å². The van der Waals surface area contributed by atoms with Gasteiger partial charge in [-0.05, 0) is 50.1 Å². The first kappa shape index (κ1) is 31.8. The fourth-order valence-corrected chi connectivity index (χ4v) is 12.5. The molecule has 0 radical (unpaired) electrons. The Morgan fingerprint density at radius 3 is 2.33 bits per heavy atom. The number of benzene rings is 1. The molecule has 10 nitrogen and oxygen atoms in total. The van der Waals surface area contributed by atoms with E-state index in [0.717, 1.165) is 19.5 Å². The summed E-state index contributed by atoms with van der Waals surface area (Å²) in [7, 11) is 8.73. The number of fused-ring (bicyclic) bond motifs is 2. The third-order valence-electron chi connectivity index (χ3n) is 13.4. The van der Waals surface area contributed by atoms with E-state index in [1.807, 2.05) is 7.11 Å². The first-order valence-corrected chi connectivity index (χ1v) is 16.8. The highest BCUT2D eigenvalue weighted by Crippen LogP contribution is 2.80. The molecular weight excluding hydrogens is 578 g/mol. The third kappa shape index (κ3) is 3.90. The Balaban J connectivity index is 1.43. The molecule has 6 aliphatic rings. The van der Waals surface area contributed by atoms with Crippen LogP contribution in [-0.2, 0) is 28.4 Å². The second kappa shape index (κ2) is 11.4. The van der Waals surface area contributed by atoms with Crippen molar-refractivity contribution in [2.45, 2.75) is 75.3 Å². The Morgan fingerprint density at radius 1 is 0.978 bits per heavy atom.